The molecule has 4 aliphatic heterocycles. The van der Waals surface area contributed by atoms with Crippen LogP contribution in [-0.2, 0) is 32.4 Å². The average Bonchev–Trinajstić information content (AvgIpc) is 3.00. The SMILES string of the molecule is O=C(OCc1ccccc1)N1OC2(CNCC34C=CC(CC3)N(C(=O)OCc3ccccc3)O4)C=CC1CC2. The topological polar surface area (TPSA) is 89.6 Å². The molecular formula is C30H33N3O6. The van der Waals surface area contributed by atoms with Gasteiger partial charge in [-0.25, -0.2) is 9.59 Å². The molecule has 4 heterocycles. The zero-order valence-electron chi connectivity index (χ0n) is 21.7. The van der Waals surface area contributed by atoms with E-state index in [0.29, 0.717) is 13.1 Å². The van der Waals surface area contributed by atoms with Crippen molar-refractivity contribution >= 4 is 12.2 Å². The van der Waals surface area contributed by atoms with Crippen molar-refractivity contribution in [2.45, 2.75) is 62.2 Å². The smallest absolute Gasteiger partial charge is 0.434 e. The van der Waals surface area contributed by atoms with E-state index in [-0.39, 0.29) is 25.3 Å². The van der Waals surface area contributed by atoms with Crippen molar-refractivity contribution in [3.8, 4) is 0 Å². The Bertz CT molecular complexity index is 1140. The third kappa shape index (κ3) is 5.56. The third-order valence-electron chi connectivity index (χ3n) is 7.75. The first-order valence-corrected chi connectivity index (χ1v) is 13.5. The predicted molar refractivity (Wildman–Crippen MR) is 142 cm³/mol. The van der Waals surface area contributed by atoms with Gasteiger partial charge in [-0.2, -0.15) is 10.1 Å². The summed E-state index contributed by atoms with van der Waals surface area (Å²) in [5.74, 6) is 0. The number of fused-ring (bicyclic) bond motifs is 4. The van der Waals surface area contributed by atoms with Crippen molar-refractivity contribution in [2.24, 2.45) is 0 Å². The Hall–Kier alpha value is -3.66. The molecule has 9 heteroatoms. The molecule has 204 valence electrons. The number of hydroxylamine groups is 4. The average molecular weight is 532 g/mol. The van der Waals surface area contributed by atoms with Crippen LogP contribution in [0, 0.1) is 0 Å². The number of amides is 2. The maximum Gasteiger partial charge on any atom is 0.434 e. The van der Waals surface area contributed by atoms with Crippen LogP contribution in [0.2, 0.25) is 0 Å². The van der Waals surface area contributed by atoms with E-state index in [9.17, 15) is 9.59 Å². The first-order chi connectivity index (χ1) is 19.0. The maximum absolute atomic E-state index is 12.8. The summed E-state index contributed by atoms with van der Waals surface area (Å²) in [6, 6.07) is 18.9. The van der Waals surface area contributed by atoms with Gasteiger partial charge < -0.3 is 14.8 Å². The fourth-order valence-electron chi connectivity index (χ4n) is 5.54. The molecule has 4 bridgehead atoms. The number of carbonyl (C=O) groups is 2. The van der Waals surface area contributed by atoms with Gasteiger partial charge in [0.15, 0.2) is 0 Å². The predicted octanol–water partition coefficient (Wildman–Crippen LogP) is 4.66. The Morgan fingerprint density at radius 1 is 0.744 bits per heavy atom. The Balaban J connectivity index is 1.02. The summed E-state index contributed by atoms with van der Waals surface area (Å²) in [5, 5.41) is 6.20. The third-order valence-corrected chi connectivity index (χ3v) is 7.75. The van der Waals surface area contributed by atoms with Gasteiger partial charge in [0.1, 0.15) is 24.4 Å². The number of nitrogens with zero attached hydrogens (tertiary/aromatic N) is 2. The van der Waals surface area contributed by atoms with E-state index < -0.39 is 23.4 Å². The summed E-state index contributed by atoms with van der Waals surface area (Å²) in [6.07, 6.45) is 10.3. The number of benzene rings is 2. The van der Waals surface area contributed by atoms with Gasteiger partial charge in [-0.15, -0.1) is 0 Å². The number of nitrogens with one attached hydrogen (secondary N) is 1. The van der Waals surface area contributed by atoms with Crippen LogP contribution in [0.15, 0.2) is 85.0 Å². The standard InChI is InChI=1S/C30H33N3O6/c34-27(36-19-23-7-3-1-4-8-23)32-25-11-15-29(38-32,16-12-25)21-31-22-30-17-13-26(14-18-30)33(39-30)28(35)37-20-24-9-5-2-6-10-24/h1-11,13,15,17,25-26,31H,12,14,16,18-22H2. The monoisotopic (exact) mass is 531 g/mol. The highest BCUT2D eigenvalue weighted by Gasteiger charge is 2.48. The molecule has 2 fully saturated rings. The largest absolute Gasteiger partial charge is 0.443 e. The zero-order valence-corrected chi connectivity index (χ0v) is 21.7. The lowest BCUT2D eigenvalue weighted by atomic mass is 9.84. The van der Waals surface area contributed by atoms with Gasteiger partial charge in [-0.05, 0) is 36.8 Å². The minimum atomic E-state index is -0.652. The molecule has 2 aromatic carbocycles. The summed E-state index contributed by atoms with van der Waals surface area (Å²) in [4.78, 5) is 38.0. The van der Waals surface area contributed by atoms with E-state index in [4.69, 9.17) is 19.1 Å². The van der Waals surface area contributed by atoms with Crippen molar-refractivity contribution in [3.63, 3.8) is 0 Å². The minimum absolute atomic E-state index is 0.135. The van der Waals surface area contributed by atoms with E-state index in [1.807, 2.05) is 85.0 Å². The van der Waals surface area contributed by atoms with E-state index in [2.05, 4.69) is 5.32 Å². The van der Waals surface area contributed by atoms with Gasteiger partial charge in [-0.1, -0.05) is 85.0 Å². The van der Waals surface area contributed by atoms with Gasteiger partial charge in [0.25, 0.3) is 0 Å². The molecule has 0 radical (unpaired) electrons. The summed E-state index contributed by atoms with van der Waals surface area (Å²) in [7, 11) is 0. The normalized spacial score (nSPS) is 28.5. The highest BCUT2D eigenvalue weighted by atomic mass is 16.8. The van der Waals surface area contributed by atoms with Crippen LogP contribution in [-0.4, -0.2) is 58.7 Å². The van der Waals surface area contributed by atoms with Crippen LogP contribution in [0.5, 0.6) is 0 Å². The molecule has 0 aromatic heterocycles. The van der Waals surface area contributed by atoms with E-state index in [0.717, 1.165) is 36.8 Å². The van der Waals surface area contributed by atoms with Gasteiger partial charge >= 0.3 is 12.2 Å². The van der Waals surface area contributed by atoms with Crippen molar-refractivity contribution in [3.05, 3.63) is 96.1 Å². The molecule has 1 N–H and O–H groups in total. The van der Waals surface area contributed by atoms with Crippen LogP contribution in [0.4, 0.5) is 9.59 Å². The summed E-state index contributed by atoms with van der Waals surface area (Å²) >= 11 is 0. The fraction of sp³-hybridized carbons (Fsp3) is 0.400. The van der Waals surface area contributed by atoms with Crippen molar-refractivity contribution in [2.75, 3.05) is 13.1 Å². The van der Waals surface area contributed by atoms with Gasteiger partial charge in [-0.3, -0.25) is 9.68 Å². The molecule has 4 atom stereocenters. The number of carbonyl (C=O) groups excluding carboxylic acids is 2. The van der Waals surface area contributed by atoms with E-state index >= 15 is 0 Å². The van der Waals surface area contributed by atoms with Gasteiger partial charge in [0.05, 0.1) is 12.1 Å². The highest BCUT2D eigenvalue weighted by Crippen LogP contribution is 2.38. The first kappa shape index (κ1) is 25.6. The molecule has 8 rings (SSSR count). The second kappa shape index (κ2) is 10.8. The fourth-order valence-corrected chi connectivity index (χ4v) is 5.54. The molecule has 2 saturated heterocycles. The van der Waals surface area contributed by atoms with E-state index in [1.165, 1.54) is 10.1 Å². The van der Waals surface area contributed by atoms with Crippen molar-refractivity contribution in [1.82, 2.24) is 15.4 Å². The van der Waals surface area contributed by atoms with Crippen LogP contribution >= 0.6 is 0 Å². The number of hydrogen-bond donors (Lipinski definition) is 1. The minimum Gasteiger partial charge on any atom is -0.443 e. The second-order valence-corrected chi connectivity index (χ2v) is 10.6. The summed E-state index contributed by atoms with van der Waals surface area (Å²) < 4.78 is 11.0. The van der Waals surface area contributed by atoms with Crippen molar-refractivity contribution < 1.29 is 28.7 Å². The van der Waals surface area contributed by atoms with E-state index in [1.54, 1.807) is 0 Å². The lowest BCUT2D eigenvalue weighted by Gasteiger charge is -2.49. The summed E-state index contributed by atoms with van der Waals surface area (Å²) in [5.41, 5.74) is 0.544. The van der Waals surface area contributed by atoms with Crippen LogP contribution in [0.1, 0.15) is 36.8 Å². The van der Waals surface area contributed by atoms with Gasteiger partial charge in [0.2, 0.25) is 0 Å². The number of hydrogen-bond acceptors (Lipinski definition) is 7. The molecule has 39 heavy (non-hydrogen) atoms. The number of rotatable bonds is 8. The van der Waals surface area contributed by atoms with Crippen LogP contribution in [0.3, 0.4) is 0 Å². The highest BCUT2D eigenvalue weighted by molar-refractivity contribution is 5.68. The number of ether oxygens (including phenoxy) is 2. The molecule has 4 unspecified atom stereocenters. The molecule has 0 spiro atoms. The molecule has 9 nitrogen and oxygen atoms in total. The molecule has 6 aliphatic rings. The molecule has 2 aromatic rings. The molecule has 2 amide bonds. The maximum atomic E-state index is 12.8. The van der Waals surface area contributed by atoms with Crippen LogP contribution in [0.25, 0.3) is 0 Å². The molecular weight excluding hydrogens is 498 g/mol. The second-order valence-electron chi connectivity index (χ2n) is 10.6. The Morgan fingerprint density at radius 3 is 1.56 bits per heavy atom. The van der Waals surface area contributed by atoms with Crippen LogP contribution < -0.4 is 5.32 Å². The Labute approximate surface area is 227 Å². The lowest BCUT2D eigenvalue weighted by Crippen LogP contribution is -2.61. The first-order valence-electron chi connectivity index (χ1n) is 13.5. The Morgan fingerprint density at radius 2 is 1.18 bits per heavy atom. The molecule has 2 aliphatic carbocycles. The zero-order chi connectivity index (χ0) is 26.7. The van der Waals surface area contributed by atoms with Crippen molar-refractivity contribution in [1.29, 1.82) is 0 Å². The Kier molecular flexibility index (Phi) is 7.12. The quantitative estimate of drug-likeness (QED) is 0.496. The van der Waals surface area contributed by atoms with Gasteiger partial charge in [0, 0.05) is 13.1 Å². The summed E-state index contributed by atoms with van der Waals surface area (Å²) in [6.45, 7) is 1.36. The molecule has 0 saturated carbocycles. The lowest BCUT2D eigenvalue weighted by molar-refractivity contribution is -0.261.